The highest BCUT2D eigenvalue weighted by atomic mass is 16.5. The quantitative estimate of drug-likeness (QED) is 0.288. The van der Waals surface area contributed by atoms with Gasteiger partial charge in [-0.15, -0.1) is 0 Å². The fraction of sp³-hybridized carbons (Fsp3) is 0.176. The van der Waals surface area contributed by atoms with E-state index in [1.165, 1.54) is 39.7 Å². The fourth-order valence-electron chi connectivity index (χ4n) is 2.05. The molecule has 2 rings (SSSR count). The molecule has 24 heavy (non-hydrogen) atoms. The van der Waals surface area contributed by atoms with Crippen molar-refractivity contribution in [2.24, 2.45) is 5.16 Å². The second-order valence-corrected chi connectivity index (χ2v) is 4.62. The number of hydrogen-bond donors (Lipinski definition) is 1. The molecule has 0 aliphatic heterocycles. The van der Waals surface area contributed by atoms with Gasteiger partial charge in [0.05, 0.1) is 33.1 Å². The topological polar surface area (TPSA) is 86.6 Å². The van der Waals surface area contributed by atoms with Crippen molar-refractivity contribution >= 4 is 12.2 Å². The SMILES string of the molecule is COc1cc(C(=O)Oc2ccc(C=NO)cc2)cc(OC)c1OC. The minimum atomic E-state index is -0.571. The molecule has 0 saturated carbocycles. The molecule has 0 bridgehead atoms. The van der Waals surface area contributed by atoms with Crippen molar-refractivity contribution in [1.29, 1.82) is 0 Å². The molecule has 0 amide bonds. The van der Waals surface area contributed by atoms with Crippen LogP contribution < -0.4 is 18.9 Å². The molecule has 7 heteroatoms. The van der Waals surface area contributed by atoms with E-state index in [1.54, 1.807) is 24.3 Å². The molecule has 0 radical (unpaired) electrons. The summed E-state index contributed by atoms with van der Waals surface area (Å²) in [7, 11) is 4.41. The summed E-state index contributed by atoms with van der Waals surface area (Å²) in [5.74, 6) is 0.891. The monoisotopic (exact) mass is 331 g/mol. The predicted octanol–water partition coefficient (Wildman–Crippen LogP) is 2.74. The van der Waals surface area contributed by atoms with Crippen LogP contribution in [-0.2, 0) is 0 Å². The minimum absolute atomic E-state index is 0.255. The number of benzene rings is 2. The smallest absolute Gasteiger partial charge is 0.343 e. The first-order valence-electron chi connectivity index (χ1n) is 6.92. The lowest BCUT2D eigenvalue weighted by Crippen LogP contribution is -2.09. The van der Waals surface area contributed by atoms with Gasteiger partial charge in [-0.3, -0.25) is 0 Å². The molecule has 7 nitrogen and oxygen atoms in total. The summed E-state index contributed by atoms with van der Waals surface area (Å²) >= 11 is 0. The Hall–Kier alpha value is -3.22. The summed E-state index contributed by atoms with van der Waals surface area (Å²) < 4.78 is 20.9. The molecule has 2 aromatic carbocycles. The first-order chi connectivity index (χ1) is 11.6. The largest absolute Gasteiger partial charge is 0.493 e. The molecule has 0 aliphatic rings. The first kappa shape index (κ1) is 17.1. The van der Waals surface area contributed by atoms with Gasteiger partial charge in [-0.2, -0.15) is 0 Å². The van der Waals surface area contributed by atoms with E-state index in [0.29, 0.717) is 28.6 Å². The van der Waals surface area contributed by atoms with Gasteiger partial charge in [-0.25, -0.2) is 4.79 Å². The lowest BCUT2D eigenvalue weighted by atomic mass is 10.2. The zero-order chi connectivity index (χ0) is 17.5. The minimum Gasteiger partial charge on any atom is -0.493 e. The molecule has 126 valence electrons. The lowest BCUT2D eigenvalue weighted by Gasteiger charge is -2.13. The van der Waals surface area contributed by atoms with Crippen LogP contribution in [0.25, 0.3) is 0 Å². The number of esters is 1. The van der Waals surface area contributed by atoms with E-state index in [-0.39, 0.29) is 5.56 Å². The van der Waals surface area contributed by atoms with Crippen LogP contribution in [0.3, 0.4) is 0 Å². The molecule has 1 N–H and O–H groups in total. The number of carbonyl (C=O) groups excluding carboxylic acids is 1. The van der Waals surface area contributed by atoms with Gasteiger partial charge in [0.25, 0.3) is 0 Å². The normalized spacial score (nSPS) is 10.5. The average molecular weight is 331 g/mol. The average Bonchev–Trinajstić information content (AvgIpc) is 2.62. The summed E-state index contributed by atoms with van der Waals surface area (Å²) in [6.07, 6.45) is 1.27. The van der Waals surface area contributed by atoms with Crippen molar-refractivity contribution < 1.29 is 28.9 Å². The van der Waals surface area contributed by atoms with Crippen LogP contribution in [0.4, 0.5) is 0 Å². The van der Waals surface area contributed by atoms with Crippen LogP contribution in [-0.4, -0.2) is 38.7 Å². The van der Waals surface area contributed by atoms with E-state index in [9.17, 15) is 4.79 Å². The number of carbonyl (C=O) groups is 1. The van der Waals surface area contributed by atoms with Crippen molar-refractivity contribution in [3.63, 3.8) is 0 Å². The molecule has 0 atom stereocenters. The Morgan fingerprint density at radius 1 is 1.00 bits per heavy atom. The summed E-state index contributed by atoms with van der Waals surface area (Å²) in [6, 6.07) is 9.50. The Kier molecular flexibility index (Phi) is 5.62. The molecule has 0 fully saturated rings. The van der Waals surface area contributed by atoms with Crippen LogP contribution >= 0.6 is 0 Å². The Balaban J connectivity index is 2.25. The van der Waals surface area contributed by atoms with E-state index in [2.05, 4.69) is 5.16 Å². The highest BCUT2D eigenvalue weighted by molar-refractivity contribution is 5.92. The first-order valence-corrected chi connectivity index (χ1v) is 6.92. The molecule has 0 unspecified atom stereocenters. The summed E-state index contributed by atoms with van der Waals surface area (Å²) in [6.45, 7) is 0. The van der Waals surface area contributed by atoms with Crippen LogP contribution in [0.15, 0.2) is 41.6 Å². The fourth-order valence-corrected chi connectivity index (χ4v) is 2.05. The van der Waals surface area contributed by atoms with Gasteiger partial charge in [0.2, 0.25) is 5.75 Å². The third-order valence-corrected chi connectivity index (χ3v) is 3.20. The number of oxime groups is 1. The molecule has 0 spiro atoms. The van der Waals surface area contributed by atoms with Gasteiger partial charge in [0.15, 0.2) is 11.5 Å². The molecule has 0 heterocycles. The predicted molar refractivity (Wildman–Crippen MR) is 86.9 cm³/mol. The van der Waals surface area contributed by atoms with Gasteiger partial charge in [-0.1, -0.05) is 5.16 Å². The van der Waals surface area contributed by atoms with Gasteiger partial charge >= 0.3 is 5.97 Å². The van der Waals surface area contributed by atoms with Crippen molar-refractivity contribution in [3.05, 3.63) is 47.5 Å². The zero-order valence-electron chi connectivity index (χ0n) is 13.5. The maximum absolute atomic E-state index is 12.3. The maximum atomic E-state index is 12.3. The molecule has 0 saturated heterocycles. The standard InChI is InChI=1S/C17H17NO6/c1-21-14-8-12(9-15(22-2)16(14)23-3)17(19)24-13-6-4-11(5-7-13)10-18-20/h4-10,20H,1-3H3. The van der Waals surface area contributed by atoms with Crippen molar-refractivity contribution in [1.82, 2.24) is 0 Å². The number of rotatable bonds is 6. The van der Waals surface area contributed by atoms with E-state index in [4.69, 9.17) is 24.2 Å². The van der Waals surface area contributed by atoms with Crippen molar-refractivity contribution in [2.45, 2.75) is 0 Å². The summed E-state index contributed by atoms with van der Waals surface area (Å²) in [4.78, 5) is 12.3. The maximum Gasteiger partial charge on any atom is 0.343 e. The highest BCUT2D eigenvalue weighted by Crippen LogP contribution is 2.38. The Bertz CT molecular complexity index is 714. The van der Waals surface area contributed by atoms with Crippen LogP contribution in [0.5, 0.6) is 23.0 Å². The molecular formula is C17H17NO6. The second-order valence-electron chi connectivity index (χ2n) is 4.62. The second kappa shape index (κ2) is 7.87. The molecule has 0 aliphatic carbocycles. The number of nitrogens with zero attached hydrogens (tertiary/aromatic N) is 1. The lowest BCUT2D eigenvalue weighted by molar-refractivity contribution is 0.0734. The summed E-state index contributed by atoms with van der Waals surface area (Å²) in [5, 5.41) is 11.4. The van der Waals surface area contributed by atoms with E-state index >= 15 is 0 Å². The molecular weight excluding hydrogens is 314 g/mol. The number of hydrogen-bond acceptors (Lipinski definition) is 7. The van der Waals surface area contributed by atoms with Gasteiger partial charge < -0.3 is 24.2 Å². The van der Waals surface area contributed by atoms with Crippen molar-refractivity contribution in [2.75, 3.05) is 21.3 Å². The highest BCUT2D eigenvalue weighted by Gasteiger charge is 2.18. The third-order valence-electron chi connectivity index (χ3n) is 3.20. The Morgan fingerprint density at radius 2 is 1.58 bits per heavy atom. The molecule has 0 aromatic heterocycles. The number of methoxy groups -OCH3 is 3. The number of ether oxygens (including phenoxy) is 4. The van der Waals surface area contributed by atoms with Crippen molar-refractivity contribution in [3.8, 4) is 23.0 Å². The van der Waals surface area contributed by atoms with Crippen LogP contribution in [0, 0.1) is 0 Å². The summed E-state index contributed by atoms with van der Waals surface area (Å²) in [5.41, 5.74) is 0.926. The zero-order valence-corrected chi connectivity index (χ0v) is 13.5. The van der Waals surface area contributed by atoms with Gasteiger partial charge in [0, 0.05) is 0 Å². The molecule has 2 aromatic rings. The van der Waals surface area contributed by atoms with Crippen LogP contribution in [0.2, 0.25) is 0 Å². The van der Waals surface area contributed by atoms with Crippen LogP contribution in [0.1, 0.15) is 15.9 Å². The Morgan fingerprint density at radius 3 is 2.04 bits per heavy atom. The van der Waals surface area contributed by atoms with Gasteiger partial charge in [0.1, 0.15) is 5.75 Å². The third kappa shape index (κ3) is 3.75. The van der Waals surface area contributed by atoms with Gasteiger partial charge in [-0.05, 0) is 42.0 Å². The van der Waals surface area contributed by atoms with E-state index < -0.39 is 5.97 Å². The van der Waals surface area contributed by atoms with E-state index in [0.717, 1.165) is 0 Å². The Labute approximate surface area is 139 Å². The van der Waals surface area contributed by atoms with E-state index in [1.807, 2.05) is 0 Å².